The average Bonchev–Trinajstić information content (AvgIpc) is 2.57. The van der Waals surface area contributed by atoms with Gasteiger partial charge in [-0.1, -0.05) is 11.6 Å². The Morgan fingerprint density at radius 2 is 1.83 bits per heavy atom. The lowest BCUT2D eigenvalue weighted by Crippen LogP contribution is -2.31. The minimum Gasteiger partial charge on any atom is -0.341 e. The third-order valence-electron chi connectivity index (χ3n) is 3.82. The molecule has 120 valence electrons. The minimum absolute atomic E-state index is 0.240. The molecule has 6 heteroatoms. The Bertz CT molecular complexity index is 696. The molecular weight excluding hydrogens is 312 g/mol. The molecule has 1 saturated heterocycles. The van der Waals surface area contributed by atoms with Crippen molar-refractivity contribution < 1.29 is 4.79 Å². The van der Waals surface area contributed by atoms with Crippen molar-refractivity contribution in [1.29, 1.82) is 0 Å². The summed E-state index contributed by atoms with van der Waals surface area (Å²) in [5.74, 6) is 0.405. The summed E-state index contributed by atoms with van der Waals surface area (Å²) in [5.41, 5.74) is 1.87. The van der Waals surface area contributed by atoms with Crippen LogP contribution in [0.1, 0.15) is 35.4 Å². The van der Waals surface area contributed by atoms with E-state index in [-0.39, 0.29) is 5.91 Å². The molecule has 23 heavy (non-hydrogen) atoms. The van der Waals surface area contributed by atoms with Gasteiger partial charge >= 0.3 is 0 Å². The summed E-state index contributed by atoms with van der Waals surface area (Å²) in [7, 11) is 0. The molecule has 1 aliphatic heterocycles. The van der Waals surface area contributed by atoms with E-state index in [0.29, 0.717) is 22.4 Å². The van der Waals surface area contributed by atoms with E-state index in [2.05, 4.69) is 20.2 Å². The summed E-state index contributed by atoms with van der Waals surface area (Å²) < 4.78 is 0. The van der Waals surface area contributed by atoms with Gasteiger partial charge in [-0.3, -0.25) is 4.79 Å². The maximum absolute atomic E-state index is 12.4. The van der Waals surface area contributed by atoms with Gasteiger partial charge < -0.3 is 10.2 Å². The second-order valence-corrected chi connectivity index (χ2v) is 6.14. The van der Waals surface area contributed by atoms with Gasteiger partial charge in [0, 0.05) is 29.5 Å². The number of piperidine rings is 1. The van der Waals surface area contributed by atoms with Gasteiger partial charge in [0.05, 0.1) is 0 Å². The molecule has 2 heterocycles. The van der Waals surface area contributed by atoms with E-state index >= 15 is 0 Å². The predicted molar refractivity (Wildman–Crippen MR) is 92.2 cm³/mol. The molecule has 1 aromatic carbocycles. The molecule has 0 atom stereocenters. The van der Waals surface area contributed by atoms with E-state index < -0.39 is 0 Å². The molecule has 1 aliphatic rings. The number of amides is 1. The Hall–Kier alpha value is -2.14. The van der Waals surface area contributed by atoms with Gasteiger partial charge in [0.1, 0.15) is 5.69 Å². The molecule has 1 amide bonds. The zero-order chi connectivity index (χ0) is 16.2. The molecule has 0 spiro atoms. The van der Waals surface area contributed by atoms with Crippen LogP contribution in [0.5, 0.6) is 0 Å². The number of nitrogens with one attached hydrogen (secondary N) is 1. The predicted octanol–water partition coefficient (Wildman–Crippen LogP) is 3.68. The summed E-state index contributed by atoms with van der Waals surface area (Å²) in [4.78, 5) is 23.5. The number of aryl methyl sites for hydroxylation is 1. The molecule has 0 aliphatic carbocycles. The van der Waals surface area contributed by atoms with Gasteiger partial charge in [0.25, 0.3) is 5.91 Å². The van der Waals surface area contributed by atoms with Crippen molar-refractivity contribution in [1.82, 2.24) is 9.97 Å². The second kappa shape index (κ2) is 6.96. The van der Waals surface area contributed by atoms with Crippen molar-refractivity contribution in [3.05, 3.63) is 46.7 Å². The van der Waals surface area contributed by atoms with Crippen LogP contribution in [0.25, 0.3) is 0 Å². The molecule has 2 aromatic rings. The lowest BCUT2D eigenvalue weighted by atomic mass is 10.1. The van der Waals surface area contributed by atoms with E-state index in [4.69, 9.17) is 11.6 Å². The number of hydrogen-bond donors (Lipinski definition) is 1. The number of rotatable bonds is 3. The van der Waals surface area contributed by atoms with E-state index in [0.717, 1.165) is 31.6 Å². The fraction of sp³-hybridized carbons (Fsp3) is 0.353. The average molecular weight is 331 g/mol. The molecule has 1 N–H and O–H groups in total. The maximum Gasteiger partial charge on any atom is 0.274 e. The molecule has 0 unspecified atom stereocenters. The van der Waals surface area contributed by atoms with Crippen LogP contribution in [0.15, 0.2) is 30.3 Å². The van der Waals surface area contributed by atoms with Gasteiger partial charge in [-0.05, 0) is 56.5 Å². The van der Waals surface area contributed by atoms with Gasteiger partial charge in [-0.15, -0.1) is 0 Å². The highest BCUT2D eigenvalue weighted by atomic mass is 35.5. The van der Waals surface area contributed by atoms with Gasteiger partial charge in [-0.25, -0.2) is 9.97 Å². The third kappa shape index (κ3) is 3.99. The first kappa shape index (κ1) is 15.7. The van der Waals surface area contributed by atoms with Crippen LogP contribution in [-0.4, -0.2) is 29.0 Å². The fourth-order valence-electron chi connectivity index (χ4n) is 2.63. The van der Waals surface area contributed by atoms with Crippen LogP contribution in [0.3, 0.4) is 0 Å². The number of halogens is 1. The Balaban J connectivity index is 1.79. The van der Waals surface area contributed by atoms with Crippen molar-refractivity contribution in [3.8, 4) is 0 Å². The van der Waals surface area contributed by atoms with Crippen LogP contribution in [0.4, 0.5) is 11.6 Å². The van der Waals surface area contributed by atoms with E-state index in [1.165, 1.54) is 6.42 Å². The number of aromatic nitrogens is 2. The largest absolute Gasteiger partial charge is 0.341 e. The molecule has 5 nitrogen and oxygen atoms in total. The Labute approximate surface area is 140 Å². The van der Waals surface area contributed by atoms with E-state index in [1.807, 2.05) is 6.92 Å². The Morgan fingerprint density at radius 1 is 1.13 bits per heavy atom. The van der Waals surface area contributed by atoms with Gasteiger partial charge in [-0.2, -0.15) is 0 Å². The molecule has 0 bridgehead atoms. The molecule has 3 rings (SSSR count). The third-order valence-corrected chi connectivity index (χ3v) is 4.07. The summed E-state index contributed by atoms with van der Waals surface area (Å²) in [6.45, 7) is 3.78. The van der Waals surface area contributed by atoms with Crippen molar-refractivity contribution >= 4 is 29.1 Å². The number of anilines is 2. The summed E-state index contributed by atoms with van der Waals surface area (Å²) >= 11 is 5.85. The lowest BCUT2D eigenvalue weighted by molar-refractivity contribution is 0.102. The van der Waals surface area contributed by atoms with Crippen molar-refractivity contribution in [2.45, 2.75) is 26.2 Å². The van der Waals surface area contributed by atoms with Crippen LogP contribution in [0, 0.1) is 6.92 Å². The van der Waals surface area contributed by atoms with Gasteiger partial charge in [0.2, 0.25) is 5.95 Å². The highest BCUT2D eigenvalue weighted by Crippen LogP contribution is 2.18. The second-order valence-electron chi connectivity index (χ2n) is 5.70. The summed E-state index contributed by atoms with van der Waals surface area (Å²) in [6.07, 6.45) is 3.53. The highest BCUT2D eigenvalue weighted by molar-refractivity contribution is 6.30. The molecular formula is C17H19ClN4O. The van der Waals surface area contributed by atoms with Crippen molar-refractivity contribution in [3.63, 3.8) is 0 Å². The molecule has 1 fully saturated rings. The first-order chi connectivity index (χ1) is 11.1. The minimum atomic E-state index is -0.240. The monoisotopic (exact) mass is 330 g/mol. The van der Waals surface area contributed by atoms with Crippen LogP contribution in [0.2, 0.25) is 5.02 Å². The standard InChI is InChI=1S/C17H19ClN4O/c1-12-11-15(16(23)20-14-7-5-13(18)6-8-14)21-17(19-12)22-9-3-2-4-10-22/h5-8,11H,2-4,9-10H2,1H3,(H,20,23). The highest BCUT2D eigenvalue weighted by Gasteiger charge is 2.17. The SMILES string of the molecule is Cc1cc(C(=O)Nc2ccc(Cl)cc2)nc(N2CCCCC2)n1. The van der Waals surface area contributed by atoms with Crippen LogP contribution < -0.4 is 10.2 Å². The van der Waals surface area contributed by atoms with Crippen LogP contribution >= 0.6 is 11.6 Å². The summed E-state index contributed by atoms with van der Waals surface area (Å²) in [6, 6.07) is 8.71. The molecule has 1 aromatic heterocycles. The van der Waals surface area contributed by atoms with Crippen molar-refractivity contribution in [2.24, 2.45) is 0 Å². The normalized spacial score (nSPS) is 14.6. The number of benzene rings is 1. The first-order valence-electron chi connectivity index (χ1n) is 7.79. The number of hydrogen-bond acceptors (Lipinski definition) is 4. The topological polar surface area (TPSA) is 58.1 Å². The zero-order valence-corrected chi connectivity index (χ0v) is 13.8. The number of carbonyl (C=O) groups excluding carboxylic acids is 1. The fourth-order valence-corrected chi connectivity index (χ4v) is 2.76. The quantitative estimate of drug-likeness (QED) is 0.932. The Morgan fingerprint density at radius 3 is 2.52 bits per heavy atom. The van der Waals surface area contributed by atoms with Gasteiger partial charge in [0.15, 0.2) is 0 Å². The lowest BCUT2D eigenvalue weighted by Gasteiger charge is -2.27. The smallest absolute Gasteiger partial charge is 0.274 e. The number of nitrogens with zero attached hydrogens (tertiary/aromatic N) is 3. The molecule has 0 radical (unpaired) electrons. The van der Waals surface area contributed by atoms with Crippen LogP contribution in [-0.2, 0) is 0 Å². The van der Waals surface area contributed by atoms with E-state index in [9.17, 15) is 4.79 Å². The maximum atomic E-state index is 12.4. The van der Waals surface area contributed by atoms with Crippen molar-refractivity contribution in [2.75, 3.05) is 23.3 Å². The summed E-state index contributed by atoms with van der Waals surface area (Å²) in [5, 5.41) is 3.47. The number of carbonyl (C=O) groups is 1. The first-order valence-corrected chi connectivity index (χ1v) is 8.17. The zero-order valence-electron chi connectivity index (χ0n) is 13.1. The van der Waals surface area contributed by atoms with E-state index in [1.54, 1.807) is 30.3 Å². The molecule has 0 saturated carbocycles. The Kier molecular flexibility index (Phi) is 4.76.